The molecule has 6 nitrogen and oxygen atoms in total. The summed E-state index contributed by atoms with van der Waals surface area (Å²) in [6, 6.07) is 0.270. The van der Waals surface area contributed by atoms with Crippen molar-refractivity contribution in [3.8, 4) is 5.75 Å². The molecule has 0 aromatic heterocycles. The number of hydrogen-bond acceptors (Lipinski definition) is 4. The summed E-state index contributed by atoms with van der Waals surface area (Å²) in [7, 11) is -5.56. The van der Waals surface area contributed by atoms with Gasteiger partial charge in [-0.05, 0) is 13.0 Å². The number of hydrogen-bond donors (Lipinski definition) is 2. The largest absolute Gasteiger partial charge is 0.511 e. The van der Waals surface area contributed by atoms with Crippen molar-refractivity contribution < 1.29 is 40.6 Å². The molecule has 1 rings (SSSR count). The summed E-state index contributed by atoms with van der Waals surface area (Å²) in [5.74, 6) is -2.97. The Morgan fingerprint density at radius 1 is 1.43 bits per heavy atom. The second kappa shape index (κ2) is 6.89. The molecular weight excluding hydrogens is 370 g/mol. The van der Waals surface area contributed by atoms with E-state index in [1.54, 1.807) is 0 Å². The third-order valence-corrected chi connectivity index (χ3v) is 4.10. The van der Waals surface area contributed by atoms with Gasteiger partial charge >= 0.3 is 21.5 Å². The summed E-state index contributed by atoms with van der Waals surface area (Å²) < 4.78 is 77.9. The molecule has 0 radical (unpaired) electrons. The lowest BCUT2D eigenvalue weighted by Crippen LogP contribution is -2.43. The number of alkyl halides is 3. The number of rotatable bonds is 6. The molecule has 0 fully saturated rings. The number of halogens is 5. The van der Waals surface area contributed by atoms with E-state index in [9.17, 15) is 30.8 Å². The molecule has 0 bridgehead atoms. The summed E-state index contributed by atoms with van der Waals surface area (Å²) in [4.78, 5) is 10.8. The summed E-state index contributed by atoms with van der Waals surface area (Å²) in [5.41, 5.74) is -6.09. The van der Waals surface area contributed by atoms with Crippen LogP contribution in [0, 0.1) is 5.82 Å². The van der Waals surface area contributed by atoms with Gasteiger partial charge in [0.05, 0.1) is 16.6 Å². The van der Waals surface area contributed by atoms with Crippen LogP contribution in [-0.2, 0) is 10.0 Å². The molecule has 1 atom stereocenters. The fourth-order valence-corrected chi connectivity index (χ4v) is 2.31. The van der Waals surface area contributed by atoms with Crippen molar-refractivity contribution in [1.82, 2.24) is 4.72 Å². The molecule has 0 aliphatic carbocycles. The van der Waals surface area contributed by atoms with Crippen molar-refractivity contribution in [3.63, 3.8) is 0 Å². The van der Waals surface area contributed by atoms with Gasteiger partial charge in [-0.2, -0.15) is 13.2 Å². The van der Waals surface area contributed by atoms with Crippen LogP contribution in [0.25, 0.3) is 0 Å². The van der Waals surface area contributed by atoms with Crippen LogP contribution >= 0.6 is 11.6 Å². The predicted octanol–water partition coefficient (Wildman–Crippen LogP) is 2.38. The maximum absolute atomic E-state index is 13.4. The lowest BCUT2D eigenvalue weighted by Gasteiger charge is -2.16. The van der Waals surface area contributed by atoms with Gasteiger partial charge in [0, 0.05) is 6.07 Å². The van der Waals surface area contributed by atoms with Crippen molar-refractivity contribution >= 4 is 27.6 Å². The average molecular weight is 380 g/mol. The van der Waals surface area contributed by atoms with Crippen molar-refractivity contribution in [2.75, 3.05) is 6.61 Å². The minimum atomic E-state index is -5.56. The van der Waals surface area contributed by atoms with E-state index in [-0.39, 0.29) is 5.75 Å². The first-order chi connectivity index (χ1) is 10.3. The van der Waals surface area contributed by atoms with Crippen LogP contribution in [0.4, 0.5) is 17.6 Å². The zero-order valence-corrected chi connectivity index (χ0v) is 12.9. The fraction of sp³-hybridized carbons (Fsp3) is 0.364. The maximum atomic E-state index is 13.4. The van der Waals surface area contributed by atoms with E-state index in [0.717, 1.165) is 19.1 Å². The summed E-state index contributed by atoms with van der Waals surface area (Å²) in [5, 5.41) is 8.15. The molecule has 130 valence electrons. The highest BCUT2D eigenvalue weighted by molar-refractivity contribution is 7.90. The smallest absolute Gasteiger partial charge is 0.492 e. The number of nitrogens with one attached hydrogen (secondary N) is 1. The quantitative estimate of drug-likeness (QED) is 0.740. The number of ether oxygens (including phenoxy) is 1. The van der Waals surface area contributed by atoms with Crippen LogP contribution < -0.4 is 9.46 Å². The molecule has 0 amide bonds. The number of aromatic carboxylic acids is 1. The topological polar surface area (TPSA) is 92.7 Å². The van der Waals surface area contributed by atoms with Gasteiger partial charge in [-0.3, -0.25) is 0 Å². The summed E-state index contributed by atoms with van der Waals surface area (Å²) >= 11 is 5.43. The standard InChI is InChI=1S/C11H10ClF4NO5S/c1-5(17-23(20,21)11(14,15)16)4-22-6-2-7(10(18)19)9(12)8(13)3-6/h2-3,5,17H,4H2,1H3,(H,18,19)/t5-/m0/s1. The van der Waals surface area contributed by atoms with Gasteiger partial charge in [0.15, 0.2) is 0 Å². The van der Waals surface area contributed by atoms with E-state index >= 15 is 0 Å². The van der Waals surface area contributed by atoms with Gasteiger partial charge in [0.25, 0.3) is 0 Å². The Morgan fingerprint density at radius 2 is 2.00 bits per heavy atom. The Bertz CT molecular complexity index is 707. The zero-order chi connectivity index (χ0) is 18.0. The predicted molar refractivity (Wildman–Crippen MR) is 71.4 cm³/mol. The molecule has 0 unspecified atom stereocenters. The van der Waals surface area contributed by atoms with Crippen molar-refractivity contribution in [1.29, 1.82) is 0 Å². The Hall–Kier alpha value is -1.59. The van der Waals surface area contributed by atoms with Crippen molar-refractivity contribution in [2.45, 2.75) is 18.5 Å². The molecule has 0 saturated carbocycles. The molecule has 1 aromatic carbocycles. The average Bonchev–Trinajstić information content (AvgIpc) is 2.37. The third kappa shape index (κ3) is 4.94. The minimum absolute atomic E-state index is 0.331. The van der Waals surface area contributed by atoms with E-state index < -0.39 is 50.6 Å². The lowest BCUT2D eigenvalue weighted by atomic mass is 10.2. The van der Waals surface area contributed by atoms with Gasteiger partial charge < -0.3 is 9.84 Å². The Balaban J connectivity index is 2.82. The van der Waals surface area contributed by atoms with Gasteiger partial charge in [0.2, 0.25) is 0 Å². The van der Waals surface area contributed by atoms with Crippen LogP contribution in [0.5, 0.6) is 5.75 Å². The number of carboxylic acids is 1. The van der Waals surface area contributed by atoms with E-state index in [0.29, 0.717) is 0 Å². The molecule has 23 heavy (non-hydrogen) atoms. The molecule has 1 aromatic rings. The van der Waals surface area contributed by atoms with Gasteiger partial charge in [-0.1, -0.05) is 11.6 Å². The first-order valence-corrected chi connectivity index (χ1v) is 7.65. The van der Waals surface area contributed by atoms with Crippen LogP contribution in [-0.4, -0.2) is 37.7 Å². The normalized spacial score (nSPS) is 13.7. The van der Waals surface area contributed by atoms with Crippen molar-refractivity contribution in [2.24, 2.45) is 0 Å². The molecular formula is C11H10ClF4NO5S. The lowest BCUT2D eigenvalue weighted by molar-refractivity contribution is -0.0451. The summed E-state index contributed by atoms with van der Waals surface area (Å²) in [6.45, 7) is 0.475. The Morgan fingerprint density at radius 3 is 2.48 bits per heavy atom. The monoisotopic (exact) mass is 379 g/mol. The van der Waals surface area contributed by atoms with Gasteiger partial charge in [0.1, 0.15) is 18.2 Å². The second-order valence-electron chi connectivity index (χ2n) is 4.35. The number of sulfonamides is 1. The van der Waals surface area contributed by atoms with Crippen LogP contribution in [0.3, 0.4) is 0 Å². The van der Waals surface area contributed by atoms with Crippen LogP contribution in [0.1, 0.15) is 17.3 Å². The van der Waals surface area contributed by atoms with Crippen LogP contribution in [0.2, 0.25) is 5.02 Å². The Kier molecular flexibility index (Phi) is 5.83. The zero-order valence-electron chi connectivity index (χ0n) is 11.3. The highest BCUT2D eigenvalue weighted by Crippen LogP contribution is 2.26. The second-order valence-corrected chi connectivity index (χ2v) is 6.43. The highest BCUT2D eigenvalue weighted by Gasteiger charge is 2.46. The molecule has 0 spiro atoms. The fourth-order valence-electron chi connectivity index (χ4n) is 1.39. The van der Waals surface area contributed by atoms with Gasteiger partial charge in [-0.25, -0.2) is 22.3 Å². The molecule has 0 saturated heterocycles. The Labute approximate surface area is 133 Å². The number of carboxylic acid groups (broad SMARTS) is 1. The van der Waals surface area contributed by atoms with Crippen LogP contribution in [0.15, 0.2) is 12.1 Å². The molecule has 0 heterocycles. The van der Waals surface area contributed by atoms with E-state index in [1.165, 1.54) is 4.72 Å². The first-order valence-electron chi connectivity index (χ1n) is 5.79. The van der Waals surface area contributed by atoms with Crippen molar-refractivity contribution in [3.05, 3.63) is 28.5 Å². The third-order valence-electron chi connectivity index (χ3n) is 2.39. The molecule has 12 heteroatoms. The first kappa shape index (κ1) is 19.5. The van der Waals surface area contributed by atoms with E-state index in [4.69, 9.17) is 21.4 Å². The van der Waals surface area contributed by atoms with Gasteiger partial charge in [-0.15, -0.1) is 0 Å². The minimum Gasteiger partial charge on any atom is -0.492 e. The maximum Gasteiger partial charge on any atom is 0.511 e. The summed E-state index contributed by atoms with van der Waals surface area (Å²) in [6.07, 6.45) is 0. The molecule has 2 N–H and O–H groups in total. The van der Waals surface area contributed by atoms with E-state index in [2.05, 4.69) is 0 Å². The molecule has 0 aliphatic rings. The van der Waals surface area contributed by atoms with E-state index in [1.807, 2.05) is 0 Å². The number of benzene rings is 1. The number of carbonyl (C=O) groups is 1. The SMILES string of the molecule is C[C@@H](COc1cc(F)c(Cl)c(C(=O)O)c1)NS(=O)(=O)C(F)(F)F. The highest BCUT2D eigenvalue weighted by atomic mass is 35.5. The molecule has 0 aliphatic heterocycles.